The third-order valence-corrected chi connectivity index (χ3v) is 2.13. The van der Waals surface area contributed by atoms with Gasteiger partial charge in [0, 0.05) is 0 Å². The second-order valence-corrected chi connectivity index (χ2v) is 5.55. The monoisotopic (exact) mass is 259 g/mol. The lowest BCUT2D eigenvalue weighted by Gasteiger charge is -2.22. The summed E-state index contributed by atoms with van der Waals surface area (Å²) in [7, 11) is 3.89. The number of hydrogen-bond acceptors (Lipinski definition) is 4. The highest BCUT2D eigenvalue weighted by atomic mass is 16.6. The minimum absolute atomic E-state index is 0.507. The van der Waals surface area contributed by atoms with Crippen LogP contribution in [0.2, 0.25) is 0 Å². The molecule has 1 atom stereocenters. The van der Waals surface area contributed by atoms with Crippen LogP contribution in [0.25, 0.3) is 0 Å². The largest absolute Gasteiger partial charge is 0.444 e. The zero-order valence-corrected chi connectivity index (χ0v) is 11.9. The maximum Gasteiger partial charge on any atom is 0.408 e. The van der Waals surface area contributed by atoms with Gasteiger partial charge in [-0.05, 0) is 54.3 Å². The standard InChI is InChI=1S/C12H25N3O3/c1-12(2,3)18-11(17)14-9(10(13)16)7-6-8-15(4)5/h9H,6-8H2,1-5H3,(H2,13,16)(H,14,17). The molecular formula is C12H25N3O3. The van der Waals surface area contributed by atoms with Crippen molar-refractivity contribution in [1.29, 1.82) is 0 Å². The zero-order chi connectivity index (χ0) is 14.3. The van der Waals surface area contributed by atoms with E-state index in [-0.39, 0.29) is 0 Å². The lowest BCUT2D eigenvalue weighted by Crippen LogP contribution is -2.46. The summed E-state index contributed by atoms with van der Waals surface area (Å²) in [6.07, 6.45) is 0.666. The summed E-state index contributed by atoms with van der Waals surface area (Å²) in [6, 6.07) is -0.681. The summed E-state index contributed by atoms with van der Waals surface area (Å²) in [5.74, 6) is -0.542. The van der Waals surface area contributed by atoms with Gasteiger partial charge in [-0.1, -0.05) is 0 Å². The fourth-order valence-corrected chi connectivity index (χ4v) is 1.35. The first-order valence-corrected chi connectivity index (χ1v) is 6.05. The van der Waals surface area contributed by atoms with E-state index in [1.54, 1.807) is 20.8 Å². The minimum atomic E-state index is -0.681. The molecule has 6 nitrogen and oxygen atoms in total. The van der Waals surface area contributed by atoms with Crippen molar-refractivity contribution in [2.24, 2.45) is 5.73 Å². The Hall–Kier alpha value is -1.30. The molecule has 0 rings (SSSR count). The number of nitrogens with zero attached hydrogens (tertiary/aromatic N) is 1. The highest BCUT2D eigenvalue weighted by Crippen LogP contribution is 2.07. The molecule has 0 aliphatic rings. The molecule has 0 spiro atoms. The van der Waals surface area contributed by atoms with Crippen molar-refractivity contribution in [3.8, 4) is 0 Å². The van der Waals surface area contributed by atoms with Crippen molar-refractivity contribution >= 4 is 12.0 Å². The van der Waals surface area contributed by atoms with Crippen molar-refractivity contribution in [3.63, 3.8) is 0 Å². The number of carbonyl (C=O) groups is 2. The van der Waals surface area contributed by atoms with Crippen molar-refractivity contribution < 1.29 is 14.3 Å². The van der Waals surface area contributed by atoms with Gasteiger partial charge in [-0.15, -0.1) is 0 Å². The smallest absolute Gasteiger partial charge is 0.408 e. The van der Waals surface area contributed by atoms with Gasteiger partial charge in [0.2, 0.25) is 5.91 Å². The predicted octanol–water partition coefficient (Wildman–Crippen LogP) is 0.707. The summed E-state index contributed by atoms with van der Waals surface area (Å²) in [6.45, 7) is 6.12. The molecule has 0 saturated heterocycles. The highest BCUT2D eigenvalue weighted by Gasteiger charge is 2.22. The van der Waals surface area contributed by atoms with Crippen LogP contribution in [0, 0.1) is 0 Å². The number of primary amides is 1. The molecule has 0 aromatic heterocycles. The summed E-state index contributed by atoms with van der Waals surface area (Å²) >= 11 is 0. The van der Waals surface area contributed by atoms with Crippen LogP contribution < -0.4 is 11.1 Å². The van der Waals surface area contributed by atoms with Crippen molar-refractivity contribution in [1.82, 2.24) is 10.2 Å². The number of carbonyl (C=O) groups excluding carboxylic acids is 2. The van der Waals surface area contributed by atoms with Crippen LogP contribution in [-0.4, -0.2) is 49.2 Å². The third kappa shape index (κ3) is 8.81. The molecule has 6 heteroatoms. The first-order chi connectivity index (χ1) is 8.11. The number of amides is 2. The van der Waals surface area contributed by atoms with Crippen LogP contribution in [0.1, 0.15) is 33.6 Å². The van der Waals surface area contributed by atoms with Gasteiger partial charge in [-0.2, -0.15) is 0 Å². The Morgan fingerprint density at radius 3 is 2.28 bits per heavy atom. The van der Waals surface area contributed by atoms with Gasteiger partial charge >= 0.3 is 6.09 Å². The Morgan fingerprint density at radius 1 is 1.33 bits per heavy atom. The number of alkyl carbamates (subject to hydrolysis) is 1. The molecule has 2 amide bonds. The van der Waals surface area contributed by atoms with E-state index in [0.717, 1.165) is 13.0 Å². The predicted molar refractivity (Wildman–Crippen MR) is 70.1 cm³/mol. The van der Waals surface area contributed by atoms with E-state index >= 15 is 0 Å². The lowest BCUT2D eigenvalue weighted by atomic mass is 10.1. The van der Waals surface area contributed by atoms with E-state index < -0.39 is 23.6 Å². The Bertz CT molecular complexity index is 285. The second-order valence-electron chi connectivity index (χ2n) is 5.55. The minimum Gasteiger partial charge on any atom is -0.444 e. The SMILES string of the molecule is CN(C)CCCC(NC(=O)OC(C)(C)C)C(N)=O. The van der Waals surface area contributed by atoms with Gasteiger partial charge in [0.05, 0.1) is 0 Å². The van der Waals surface area contributed by atoms with E-state index in [1.807, 2.05) is 19.0 Å². The van der Waals surface area contributed by atoms with Crippen LogP contribution in [0.3, 0.4) is 0 Å². The molecule has 0 bridgehead atoms. The van der Waals surface area contributed by atoms with E-state index in [2.05, 4.69) is 5.32 Å². The second kappa shape index (κ2) is 7.20. The van der Waals surface area contributed by atoms with Gasteiger partial charge in [0.25, 0.3) is 0 Å². The molecule has 0 heterocycles. The third-order valence-electron chi connectivity index (χ3n) is 2.13. The van der Waals surface area contributed by atoms with Gasteiger partial charge in [0.15, 0.2) is 0 Å². The number of ether oxygens (including phenoxy) is 1. The average Bonchev–Trinajstić information content (AvgIpc) is 2.12. The number of nitrogens with one attached hydrogen (secondary N) is 1. The van der Waals surface area contributed by atoms with Crippen LogP contribution in [0.5, 0.6) is 0 Å². The highest BCUT2D eigenvalue weighted by molar-refractivity contribution is 5.84. The van der Waals surface area contributed by atoms with Gasteiger partial charge in [0.1, 0.15) is 11.6 Å². The molecular weight excluding hydrogens is 234 g/mol. The van der Waals surface area contributed by atoms with E-state index in [1.165, 1.54) is 0 Å². The fraction of sp³-hybridized carbons (Fsp3) is 0.833. The molecule has 0 radical (unpaired) electrons. The molecule has 0 saturated carbocycles. The topological polar surface area (TPSA) is 84.7 Å². The Labute approximate surface area is 109 Å². The van der Waals surface area contributed by atoms with Crippen LogP contribution in [0.15, 0.2) is 0 Å². The van der Waals surface area contributed by atoms with Crippen molar-refractivity contribution in [2.75, 3.05) is 20.6 Å². The Balaban J connectivity index is 4.19. The first-order valence-electron chi connectivity index (χ1n) is 6.05. The van der Waals surface area contributed by atoms with Gasteiger partial charge in [-0.25, -0.2) is 4.79 Å². The average molecular weight is 259 g/mol. The van der Waals surface area contributed by atoms with Crippen LogP contribution in [-0.2, 0) is 9.53 Å². The van der Waals surface area contributed by atoms with E-state index in [9.17, 15) is 9.59 Å². The molecule has 18 heavy (non-hydrogen) atoms. The molecule has 1 unspecified atom stereocenters. The fourth-order valence-electron chi connectivity index (χ4n) is 1.35. The zero-order valence-electron chi connectivity index (χ0n) is 11.9. The summed E-state index contributed by atoms with van der Waals surface area (Å²) < 4.78 is 5.08. The molecule has 0 aliphatic carbocycles. The quantitative estimate of drug-likeness (QED) is 0.735. The normalized spacial score (nSPS) is 13.2. The van der Waals surface area contributed by atoms with Gasteiger partial charge < -0.3 is 20.7 Å². The van der Waals surface area contributed by atoms with Crippen molar-refractivity contribution in [3.05, 3.63) is 0 Å². The summed E-state index contributed by atoms with van der Waals surface area (Å²) in [5, 5.41) is 2.49. The summed E-state index contributed by atoms with van der Waals surface area (Å²) in [4.78, 5) is 24.7. The van der Waals surface area contributed by atoms with E-state index in [4.69, 9.17) is 10.5 Å². The number of hydrogen-bond donors (Lipinski definition) is 2. The number of nitrogens with two attached hydrogens (primary N) is 1. The maximum atomic E-state index is 11.5. The Morgan fingerprint density at radius 2 is 1.89 bits per heavy atom. The van der Waals surface area contributed by atoms with Crippen molar-refractivity contribution in [2.45, 2.75) is 45.3 Å². The van der Waals surface area contributed by atoms with Crippen LogP contribution in [0.4, 0.5) is 4.79 Å². The molecule has 0 aliphatic heterocycles. The molecule has 0 aromatic rings. The molecule has 0 fully saturated rings. The molecule has 106 valence electrons. The van der Waals surface area contributed by atoms with E-state index in [0.29, 0.717) is 6.42 Å². The maximum absolute atomic E-state index is 11.5. The van der Waals surface area contributed by atoms with Crippen LogP contribution >= 0.6 is 0 Å². The number of rotatable bonds is 6. The van der Waals surface area contributed by atoms with Gasteiger partial charge in [-0.3, -0.25) is 4.79 Å². The lowest BCUT2D eigenvalue weighted by molar-refractivity contribution is -0.120. The molecule has 0 aromatic carbocycles. The first kappa shape index (κ1) is 16.7. The summed E-state index contributed by atoms with van der Waals surface area (Å²) in [5.41, 5.74) is 4.66. The Kier molecular flexibility index (Phi) is 6.68. The molecule has 3 N–H and O–H groups in total.